The van der Waals surface area contributed by atoms with E-state index in [0.717, 1.165) is 17.3 Å². The number of methoxy groups -OCH3 is 1. The van der Waals surface area contributed by atoms with Crippen LogP contribution in [0.15, 0.2) is 53.7 Å². The third-order valence-electron chi connectivity index (χ3n) is 3.57. The fourth-order valence-corrected chi connectivity index (χ4v) is 3.35. The Morgan fingerprint density at radius 2 is 2.00 bits per heavy atom. The molecule has 0 aliphatic heterocycles. The molecule has 0 unspecified atom stereocenters. The van der Waals surface area contributed by atoms with Crippen molar-refractivity contribution in [2.24, 2.45) is 0 Å². The zero-order valence-corrected chi connectivity index (χ0v) is 15.8. The monoisotopic (exact) mass is 388 g/mol. The topological polar surface area (TPSA) is 69.0 Å². The van der Waals surface area contributed by atoms with Gasteiger partial charge in [0.2, 0.25) is 5.91 Å². The van der Waals surface area contributed by atoms with Crippen molar-refractivity contribution < 1.29 is 9.53 Å². The van der Waals surface area contributed by atoms with Crippen LogP contribution < -0.4 is 10.1 Å². The van der Waals surface area contributed by atoms with Gasteiger partial charge in [-0.3, -0.25) is 9.36 Å². The largest absolute Gasteiger partial charge is 0.497 e. The lowest BCUT2D eigenvalue weighted by Crippen LogP contribution is -2.14. The van der Waals surface area contributed by atoms with Crippen molar-refractivity contribution in [1.82, 2.24) is 14.8 Å². The molecule has 0 radical (unpaired) electrons. The van der Waals surface area contributed by atoms with Gasteiger partial charge in [0.05, 0.1) is 12.9 Å². The highest BCUT2D eigenvalue weighted by atomic mass is 35.5. The zero-order chi connectivity index (χ0) is 18.5. The third kappa shape index (κ3) is 4.36. The molecular formula is C18H17ClN4O2S. The van der Waals surface area contributed by atoms with Gasteiger partial charge in [0.15, 0.2) is 5.16 Å². The first-order valence-corrected chi connectivity index (χ1v) is 9.18. The lowest BCUT2D eigenvalue weighted by Gasteiger charge is -2.09. The summed E-state index contributed by atoms with van der Waals surface area (Å²) in [7, 11) is 1.62. The molecule has 134 valence electrons. The van der Waals surface area contributed by atoms with Crippen LogP contribution in [0.2, 0.25) is 5.02 Å². The quantitative estimate of drug-likeness (QED) is 0.647. The van der Waals surface area contributed by atoms with Gasteiger partial charge in [-0.05, 0) is 49.4 Å². The number of nitrogens with one attached hydrogen (secondary N) is 1. The van der Waals surface area contributed by atoms with Crippen LogP contribution >= 0.6 is 23.4 Å². The van der Waals surface area contributed by atoms with Crippen LogP contribution in [0.1, 0.15) is 5.82 Å². The van der Waals surface area contributed by atoms with Gasteiger partial charge in [-0.2, -0.15) is 0 Å². The van der Waals surface area contributed by atoms with Gasteiger partial charge in [0, 0.05) is 16.4 Å². The SMILES string of the molecule is COc1ccc(-n2c(C)nnc2SCC(=O)Nc2cccc(Cl)c2)cc1. The molecule has 3 rings (SSSR count). The van der Waals surface area contributed by atoms with Crippen molar-refractivity contribution in [1.29, 1.82) is 0 Å². The molecule has 0 fully saturated rings. The molecule has 2 aromatic carbocycles. The average Bonchev–Trinajstić information content (AvgIpc) is 3.00. The van der Waals surface area contributed by atoms with Crippen LogP contribution in [-0.2, 0) is 4.79 Å². The number of nitrogens with zero attached hydrogens (tertiary/aromatic N) is 3. The number of thioether (sulfide) groups is 1. The molecule has 6 nitrogen and oxygen atoms in total. The molecule has 0 aliphatic rings. The Morgan fingerprint density at radius 1 is 1.23 bits per heavy atom. The summed E-state index contributed by atoms with van der Waals surface area (Å²) < 4.78 is 7.08. The second kappa shape index (κ2) is 8.25. The highest BCUT2D eigenvalue weighted by Crippen LogP contribution is 2.24. The number of hydrogen-bond acceptors (Lipinski definition) is 5. The van der Waals surface area contributed by atoms with E-state index in [1.807, 2.05) is 35.8 Å². The first-order chi connectivity index (χ1) is 12.6. The first-order valence-electron chi connectivity index (χ1n) is 7.81. The van der Waals surface area contributed by atoms with Crippen molar-refractivity contribution in [2.45, 2.75) is 12.1 Å². The Balaban J connectivity index is 1.69. The van der Waals surface area contributed by atoms with Gasteiger partial charge < -0.3 is 10.1 Å². The summed E-state index contributed by atoms with van der Waals surface area (Å²) >= 11 is 7.24. The van der Waals surface area contributed by atoms with E-state index >= 15 is 0 Å². The average molecular weight is 389 g/mol. The van der Waals surface area contributed by atoms with E-state index in [2.05, 4.69) is 15.5 Å². The van der Waals surface area contributed by atoms with E-state index in [0.29, 0.717) is 15.9 Å². The molecule has 1 heterocycles. The predicted molar refractivity (Wildman–Crippen MR) is 103 cm³/mol. The lowest BCUT2D eigenvalue weighted by atomic mass is 10.3. The van der Waals surface area contributed by atoms with Crippen molar-refractivity contribution in [3.63, 3.8) is 0 Å². The number of carbonyl (C=O) groups excluding carboxylic acids is 1. The van der Waals surface area contributed by atoms with E-state index in [1.165, 1.54) is 11.8 Å². The van der Waals surface area contributed by atoms with Crippen LogP contribution in [0, 0.1) is 6.92 Å². The van der Waals surface area contributed by atoms with Crippen molar-refractivity contribution in [3.8, 4) is 11.4 Å². The normalized spacial score (nSPS) is 10.6. The van der Waals surface area contributed by atoms with Gasteiger partial charge in [0.1, 0.15) is 11.6 Å². The van der Waals surface area contributed by atoms with Crippen molar-refractivity contribution in [2.75, 3.05) is 18.2 Å². The van der Waals surface area contributed by atoms with Gasteiger partial charge in [-0.15, -0.1) is 10.2 Å². The second-order valence-corrected chi connectivity index (χ2v) is 6.79. The molecule has 3 aromatic rings. The van der Waals surface area contributed by atoms with E-state index in [1.54, 1.807) is 31.4 Å². The van der Waals surface area contributed by atoms with E-state index in [9.17, 15) is 4.79 Å². The molecule has 0 aliphatic carbocycles. The standard InChI is InChI=1S/C18H17ClN4O2S/c1-12-21-22-18(23(12)15-6-8-16(25-2)9-7-15)26-11-17(24)20-14-5-3-4-13(19)10-14/h3-10H,11H2,1-2H3,(H,20,24). The molecular weight excluding hydrogens is 372 g/mol. The maximum absolute atomic E-state index is 12.2. The van der Waals surface area contributed by atoms with Crippen LogP contribution in [-0.4, -0.2) is 33.5 Å². The molecule has 0 bridgehead atoms. The summed E-state index contributed by atoms with van der Waals surface area (Å²) in [4.78, 5) is 12.2. The summed E-state index contributed by atoms with van der Waals surface area (Å²) in [5.41, 5.74) is 1.57. The Hall–Kier alpha value is -2.51. The summed E-state index contributed by atoms with van der Waals surface area (Å²) in [6, 6.07) is 14.6. The second-order valence-electron chi connectivity index (χ2n) is 5.41. The van der Waals surface area contributed by atoms with Crippen LogP contribution in [0.25, 0.3) is 5.69 Å². The van der Waals surface area contributed by atoms with Crippen molar-refractivity contribution >= 4 is 35.0 Å². The first kappa shape index (κ1) is 18.3. The van der Waals surface area contributed by atoms with E-state index < -0.39 is 0 Å². The molecule has 0 spiro atoms. The number of aryl methyl sites for hydroxylation is 1. The number of benzene rings is 2. The number of aromatic nitrogens is 3. The Bertz CT molecular complexity index is 912. The number of carbonyl (C=O) groups is 1. The maximum atomic E-state index is 12.2. The summed E-state index contributed by atoms with van der Waals surface area (Å²) in [5, 5.41) is 12.3. The molecule has 1 amide bonds. The van der Waals surface area contributed by atoms with Crippen LogP contribution in [0.4, 0.5) is 5.69 Å². The Kier molecular flexibility index (Phi) is 5.80. The third-order valence-corrected chi connectivity index (χ3v) is 4.73. The zero-order valence-electron chi connectivity index (χ0n) is 14.3. The molecule has 1 aromatic heterocycles. The maximum Gasteiger partial charge on any atom is 0.234 e. The van der Waals surface area contributed by atoms with Crippen LogP contribution in [0.5, 0.6) is 5.75 Å². The van der Waals surface area contributed by atoms with Gasteiger partial charge in [-0.25, -0.2) is 0 Å². The summed E-state index contributed by atoms with van der Waals surface area (Å²) in [6.45, 7) is 1.87. The number of anilines is 1. The predicted octanol–water partition coefficient (Wildman–Crippen LogP) is 3.97. The minimum atomic E-state index is -0.140. The fourth-order valence-electron chi connectivity index (χ4n) is 2.36. The fraction of sp³-hybridized carbons (Fsp3) is 0.167. The minimum Gasteiger partial charge on any atom is -0.497 e. The summed E-state index contributed by atoms with van der Waals surface area (Å²) in [5.74, 6) is 1.59. The molecule has 26 heavy (non-hydrogen) atoms. The van der Waals surface area contributed by atoms with E-state index in [4.69, 9.17) is 16.3 Å². The number of halogens is 1. The number of hydrogen-bond donors (Lipinski definition) is 1. The molecule has 8 heteroatoms. The molecule has 0 saturated heterocycles. The van der Waals surface area contributed by atoms with Gasteiger partial charge in [-0.1, -0.05) is 29.4 Å². The number of amides is 1. The Labute approximate surface area is 160 Å². The Morgan fingerprint density at radius 3 is 2.69 bits per heavy atom. The van der Waals surface area contributed by atoms with Gasteiger partial charge >= 0.3 is 0 Å². The van der Waals surface area contributed by atoms with Gasteiger partial charge in [0.25, 0.3) is 0 Å². The van der Waals surface area contributed by atoms with Crippen LogP contribution in [0.3, 0.4) is 0 Å². The number of ether oxygens (including phenoxy) is 1. The highest BCUT2D eigenvalue weighted by molar-refractivity contribution is 7.99. The van der Waals surface area contributed by atoms with E-state index in [-0.39, 0.29) is 11.7 Å². The van der Waals surface area contributed by atoms with Crippen molar-refractivity contribution in [3.05, 3.63) is 59.4 Å². The molecule has 1 N–H and O–H groups in total. The lowest BCUT2D eigenvalue weighted by molar-refractivity contribution is -0.113. The smallest absolute Gasteiger partial charge is 0.234 e. The molecule has 0 saturated carbocycles. The minimum absolute atomic E-state index is 0.140. The number of rotatable bonds is 6. The highest BCUT2D eigenvalue weighted by Gasteiger charge is 2.13. The molecule has 0 atom stereocenters. The summed E-state index contributed by atoms with van der Waals surface area (Å²) in [6.07, 6.45) is 0.